The number of aromatic nitrogens is 1. The number of ketones is 3. The van der Waals surface area contributed by atoms with Crippen LogP contribution in [0.15, 0.2) is 91.1 Å². The normalized spacial score (nSPS) is 13.4. The van der Waals surface area contributed by atoms with Crippen LogP contribution in [0.3, 0.4) is 0 Å². The summed E-state index contributed by atoms with van der Waals surface area (Å²) in [5, 5.41) is 0. The number of nitrogens with zero attached hydrogens (tertiary/aromatic N) is 1. The van der Waals surface area contributed by atoms with Gasteiger partial charge in [-0.25, -0.2) is 0 Å². The molecule has 6 nitrogen and oxygen atoms in total. The van der Waals surface area contributed by atoms with Crippen molar-refractivity contribution in [3.05, 3.63) is 125 Å². The molecule has 0 saturated carbocycles. The molecule has 37 heavy (non-hydrogen) atoms. The first-order chi connectivity index (χ1) is 18.1. The quantitative estimate of drug-likeness (QED) is 0.335. The second-order valence-corrected chi connectivity index (χ2v) is 9.15. The Hall–Kier alpha value is -4.29. The van der Waals surface area contributed by atoms with Crippen LogP contribution >= 0.6 is 0 Å². The molecule has 1 N–H and O–H groups in total. The van der Waals surface area contributed by atoms with E-state index in [4.69, 9.17) is 4.74 Å². The fraction of sp³-hybridized carbons (Fsp3) is 0.194. The van der Waals surface area contributed by atoms with Crippen molar-refractivity contribution >= 4 is 23.0 Å². The number of anilines is 1. The van der Waals surface area contributed by atoms with Gasteiger partial charge in [-0.2, -0.15) is 0 Å². The minimum absolute atomic E-state index is 0.00209. The molecule has 1 saturated heterocycles. The second kappa shape index (κ2) is 11.2. The Morgan fingerprint density at radius 1 is 0.676 bits per heavy atom. The molecule has 1 aliphatic heterocycles. The van der Waals surface area contributed by atoms with E-state index in [1.54, 1.807) is 42.6 Å². The Balaban J connectivity index is 1.18. The zero-order valence-electron chi connectivity index (χ0n) is 20.5. The third-order valence-electron chi connectivity index (χ3n) is 6.63. The summed E-state index contributed by atoms with van der Waals surface area (Å²) in [7, 11) is 0. The van der Waals surface area contributed by atoms with Gasteiger partial charge in [-0.1, -0.05) is 48.5 Å². The minimum atomic E-state index is -0.0983. The standard InChI is InChI=1S/C31H28N2O4/c34-29(24-11-13-27(14-12-24)33-16-18-37-19-17-33)20-22-3-7-25(8-4-22)31(36)26-9-5-23(6-10-26)21-30(35)28-2-1-15-32-28/h1-15,32H,16-21H2. The zero-order chi connectivity index (χ0) is 25.6. The molecule has 2 heterocycles. The summed E-state index contributed by atoms with van der Waals surface area (Å²) in [6.45, 7) is 3.16. The predicted molar refractivity (Wildman–Crippen MR) is 143 cm³/mol. The second-order valence-electron chi connectivity index (χ2n) is 9.15. The number of ether oxygens (including phenoxy) is 1. The Morgan fingerprint density at radius 2 is 1.22 bits per heavy atom. The Labute approximate surface area is 215 Å². The number of benzene rings is 3. The maximum atomic E-state index is 12.9. The lowest BCUT2D eigenvalue weighted by molar-refractivity contribution is 0.0982. The van der Waals surface area contributed by atoms with Crippen molar-refractivity contribution in [1.82, 2.24) is 4.98 Å². The number of carbonyl (C=O) groups excluding carboxylic acids is 3. The van der Waals surface area contributed by atoms with Crippen LogP contribution in [0.1, 0.15) is 47.9 Å². The number of nitrogens with one attached hydrogen (secondary N) is 1. The smallest absolute Gasteiger partial charge is 0.193 e. The van der Waals surface area contributed by atoms with Crippen molar-refractivity contribution in [2.75, 3.05) is 31.2 Å². The number of carbonyl (C=O) groups is 3. The molecule has 0 bridgehead atoms. The van der Waals surface area contributed by atoms with Gasteiger partial charge in [0.25, 0.3) is 0 Å². The van der Waals surface area contributed by atoms with E-state index in [-0.39, 0.29) is 30.2 Å². The molecular formula is C31H28N2O4. The molecule has 3 aromatic carbocycles. The molecule has 4 aromatic rings. The molecule has 0 aliphatic carbocycles. The molecule has 5 rings (SSSR count). The molecule has 1 aliphatic rings. The summed E-state index contributed by atoms with van der Waals surface area (Å²) in [6, 6.07) is 25.6. The predicted octanol–water partition coefficient (Wildman–Crippen LogP) is 4.93. The average molecular weight is 493 g/mol. The highest BCUT2D eigenvalue weighted by Gasteiger charge is 2.14. The highest BCUT2D eigenvalue weighted by atomic mass is 16.5. The topological polar surface area (TPSA) is 79.5 Å². The first-order valence-electron chi connectivity index (χ1n) is 12.4. The van der Waals surface area contributed by atoms with Gasteiger partial charge in [0.05, 0.1) is 18.9 Å². The van der Waals surface area contributed by atoms with Crippen molar-refractivity contribution in [1.29, 1.82) is 0 Å². The van der Waals surface area contributed by atoms with Crippen LogP contribution in [-0.2, 0) is 17.6 Å². The number of Topliss-reactive ketones (excluding diaryl/α,β-unsaturated/α-hetero) is 2. The van der Waals surface area contributed by atoms with Crippen LogP contribution in [0.2, 0.25) is 0 Å². The number of hydrogen-bond acceptors (Lipinski definition) is 5. The van der Waals surface area contributed by atoms with Crippen LogP contribution in [0.4, 0.5) is 5.69 Å². The minimum Gasteiger partial charge on any atom is -0.378 e. The lowest BCUT2D eigenvalue weighted by Crippen LogP contribution is -2.36. The maximum absolute atomic E-state index is 12.9. The molecule has 1 aromatic heterocycles. The molecule has 186 valence electrons. The lowest BCUT2D eigenvalue weighted by atomic mass is 9.97. The number of morpholine rings is 1. The third kappa shape index (κ3) is 5.93. The van der Waals surface area contributed by atoms with Gasteiger partial charge in [0, 0.05) is 54.5 Å². The molecule has 1 fully saturated rings. The number of aromatic amines is 1. The summed E-state index contributed by atoms with van der Waals surface area (Å²) in [5.41, 5.74) is 5.17. The van der Waals surface area contributed by atoms with Crippen molar-refractivity contribution in [2.45, 2.75) is 12.8 Å². The van der Waals surface area contributed by atoms with E-state index in [0.717, 1.165) is 43.1 Å². The van der Waals surface area contributed by atoms with Crippen molar-refractivity contribution in [3.63, 3.8) is 0 Å². The van der Waals surface area contributed by atoms with E-state index in [1.807, 2.05) is 48.5 Å². The van der Waals surface area contributed by atoms with Crippen molar-refractivity contribution in [3.8, 4) is 0 Å². The fourth-order valence-corrected chi connectivity index (χ4v) is 4.47. The van der Waals surface area contributed by atoms with Crippen LogP contribution in [0.5, 0.6) is 0 Å². The zero-order valence-corrected chi connectivity index (χ0v) is 20.5. The summed E-state index contributed by atoms with van der Waals surface area (Å²) < 4.78 is 5.40. The first-order valence-corrected chi connectivity index (χ1v) is 12.4. The first kappa shape index (κ1) is 24.4. The highest BCUT2D eigenvalue weighted by Crippen LogP contribution is 2.19. The molecule has 0 unspecified atom stereocenters. The summed E-state index contributed by atoms with van der Waals surface area (Å²) in [6.07, 6.45) is 2.27. The van der Waals surface area contributed by atoms with Crippen molar-refractivity contribution < 1.29 is 19.1 Å². The molecule has 0 atom stereocenters. The van der Waals surface area contributed by atoms with E-state index in [0.29, 0.717) is 22.4 Å². The van der Waals surface area contributed by atoms with Gasteiger partial charge in [0.2, 0.25) is 0 Å². The SMILES string of the molecule is O=C(Cc1ccc(C(=O)c2ccc(CC(=O)c3ccc[nH]3)cc2)cc1)c1ccc(N2CCOCC2)cc1. The van der Waals surface area contributed by atoms with E-state index < -0.39 is 0 Å². The van der Waals surface area contributed by atoms with Gasteiger partial charge < -0.3 is 14.6 Å². The maximum Gasteiger partial charge on any atom is 0.193 e. The van der Waals surface area contributed by atoms with Crippen LogP contribution in [0, 0.1) is 0 Å². The molecule has 0 amide bonds. The molecule has 6 heteroatoms. The fourth-order valence-electron chi connectivity index (χ4n) is 4.47. The molecule has 0 spiro atoms. The molecular weight excluding hydrogens is 464 g/mol. The van der Waals surface area contributed by atoms with Gasteiger partial charge in [-0.15, -0.1) is 0 Å². The van der Waals surface area contributed by atoms with Crippen LogP contribution < -0.4 is 4.90 Å². The monoisotopic (exact) mass is 492 g/mol. The van der Waals surface area contributed by atoms with Gasteiger partial charge in [0.15, 0.2) is 17.3 Å². The van der Waals surface area contributed by atoms with Crippen LogP contribution in [0.25, 0.3) is 0 Å². The summed E-state index contributed by atoms with van der Waals surface area (Å²) >= 11 is 0. The largest absolute Gasteiger partial charge is 0.378 e. The summed E-state index contributed by atoms with van der Waals surface area (Å²) in [4.78, 5) is 43.2. The summed E-state index contributed by atoms with van der Waals surface area (Å²) in [5.74, 6) is -0.0573. The third-order valence-corrected chi connectivity index (χ3v) is 6.63. The van der Waals surface area contributed by atoms with Gasteiger partial charge in [0.1, 0.15) is 0 Å². The van der Waals surface area contributed by atoms with E-state index >= 15 is 0 Å². The van der Waals surface area contributed by atoms with Crippen molar-refractivity contribution in [2.24, 2.45) is 0 Å². The lowest BCUT2D eigenvalue weighted by Gasteiger charge is -2.28. The van der Waals surface area contributed by atoms with Gasteiger partial charge in [-0.05, 0) is 47.5 Å². The number of hydrogen-bond donors (Lipinski definition) is 1. The highest BCUT2D eigenvalue weighted by molar-refractivity contribution is 6.09. The molecule has 0 radical (unpaired) electrons. The average Bonchev–Trinajstić information content (AvgIpc) is 3.50. The Morgan fingerprint density at radius 3 is 1.76 bits per heavy atom. The van der Waals surface area contributed by atoms with Crippen LogP contribution in [-0.4, -0.2) is 48.6 Å². The van der Waals surface area contributed by atoms with Gasteiger partial charge >= 0.3 is 0 Å². The van der Waals surface area contributed by atoms with E-state index in [9.17, 15) is 14.4 Å². The Kier molecular flexibility index (Phi) is 7.38. The van der Waals surface area contributed by atoms with E-state index in [2.05, 4.69) is 9.88 Å². The Bertz CT molecular complexity index is 1370. The number of rotatable bonds is 9. The van der Waals surface area contributed by atoms with E-state index in [1.165, 1.54) is 0 Å². The van der Waals surface area contributed by atoms with Gasteiger partial charge in [-0.3, -0.25) is 14.4 Å². The number of H-pyrrole nitrogens is 1.